The summed E-state index contributed by atoms with van der Waals surface area (Å²) in [5.74, 6) is -0.392. The SMILES string of the molecule is Cc1c(C(N)=O)c(-c2ccccc2)c(-c2ccccc2)n1CCc1ccccc1. The highest BCUT2D eigenvalue weighted by molar-refractivity contribution is 6.05. The largest absolute Gasteiger partial charge is 0.366 e. The second kappa shape index (κ2) is 8.19. The van der Waals surface area contributed by atoms with Crippen LogP contribution in [0.25, 0.3) is 22.4 Å². The van der Waals surface area contributed by atoms with Crippen LogP contribution in [0.2, 0.25) is 0 Å². The molecule has 3 heteroatoms. The van der Waals surface area contributed by atoms with E-state index >= 15 is 0 Å². The average Bonchev–Trinajstić information content (AvgIpc) is 3.06. The second-order valence-electron chi connectivity index (χ2n) is 7.17. The molecule has 0 aliphatic rings. The lowest BCUT2D eigenvalue weighted by Crippen LogP contribution is -2.13. The molecule has 29 heavy (non-hydrogen) atoms. The predicted octanol–water partition coefficient (Wildman–Crippen LogP) is 5.47. The molecule has 3 nitrogen and oxygen atoms in total. The van der Waals surface area contributed by atoms with Crippen LogP contribution in [0.3, 0.4) is 0 Å². The summed E-state index contributed by atoms with van der Waals surface area (Å²) in [5, 5.41) is 0. The molecule has 1 amide bonds. The molecule has 0 aliphatic heterocycles. The second-order valence-corrected chi connectivity index (χ2v) is 7.17. The number of nitrogens with two attached hydrogens (primary N) is 1. The molecule has 2 N–H and O–H groups in total. The monoisotopic (exact) mass is 380 g/mol. The number of aryl methyl sites for hydroxylation is 1. The molecule has 0 aliphatic carbocycles. The van der Waals surface area contributed by atoms with Gasteiger partial charge in [0.15, 0.2) is 0 Å². The van der Waals surface area contributed by atoms with E-state index < -0.39 is 5.91 Å². The highest BCUT2D eigenvalue weighted by Crippen LogP contribution is 2.39. The van der Waals surface area contributed by atoms with Gasteiger partial charge in [-0.1, -0.05) is 91.0 Å². The van der Waals surface area contributed by atoms with Crippen molar-refractivity contribution in [3.63, 3.8) is 0 Å². The third-order valence-corrected chi connectivity index (χ3v) is 5.35. The van der Waals surface area contributed by atoms with E-state index in [2.05, 4.69) is 41.0 Å². The first-order valence-electron chi connectivity index (χ1n) is 9.84. The summed E-state index contributed by atoms with van der Waals surface area (Å²) in [6.07, 6.45) is 0.878. The molecule has 144 valence electrons. The molecule has 0 saturated heterocycles. The molecule has 1 aromatic heterocycles. The van der Waals surface area contributed by atoms with Gasteiger partial charge in [0.1, 0.15) is 0 Å². The number of benzene rings is 3. The normalized spacial score (nSPS) is 10.8. The molecule has 4 rings (SSSR count). The van der Waals surface area contributed by atoms with Crippen molar-refractivity contribution in [1.29, 1.82) is 0 Å². The summed E-state index contributed by atoms with van der Waals surface area (Å²) in [4.78, 5) is 12.5. The quantitative estimate of drug-likeness (QED) is 0.473. The van der Waals surface area contributed by atoms with E-state index in [1.165, 1.54) is 5.56 Å². The van der Waals surface area contributed by atoms with Crippen molar-refractivity contribution >= 4 is 5.91 Å². The lowest BCUT2D eigenvalue weighted by molar-refractivity contribution is 0.1000. The third kappa shape index (κ3) is 3.72. The fourth-order valence-corrected chi connectivity index (χ4v) is 3.99. The van der Waals surface area contributed by atoms with Gasteiger partial charge in [0.25, 0.3) is 5.91 Å². The number of carbonyl (C=O) groups excluding carboxylic acids is 1. The maximum Gasteiger partial charge on any atom is 0.251 e. The minimum absolute atomic E-state index is 0.392. The van der Waals surface area contributed by atoms with Gasteiger partial charge in [-0.3, -0.25) is 4.79 Å². The Hall–Kier alpha value is -3.59. The first kappa shape index (κ1) is 18.8. The summed E-state index contributed by atoms with van der Waals surface area (Å²) in [6.45, 7) is 2.76. The summed E-state index contributed by atoms with van der Waals surface area (Å²) >= 11 is 0. The topological polar surface area (TPSA) is 48.0 Å². The van der Waals surface area contributed by atoms with E-state index in [0.717, 1.165) is 41.0 Å². The minimum Gasteiger partial charge on any atom is -0.366 e. The van der Waals surface area contributed by atoms with E-state index in [4.69, 9.17) is 5.73 Å². The van der Waals surface area contributed by atoms with Gasteiger partial charge in [-0.05, 0) is 30.0 Å². The van der Waals surface area contributed by atoms with Crippen LogP contribution >= 0.6 is 0 Å². The zero-order valence-corrected chi connectivity index (χ0v) is 16.5. The van der Waals surface area contributed by atoms with Crippen molar-refractivity contribution in [3.8, 4) is 22.4 Å². The van der Waals surface area contributed by atoms with Crippen LogP contribution in [0.1, 0.15) is 21.6 Å². The Balaban J connectivity index is 1.93. The number of hydrogen-bond donors (Lipinski definition) is 1. The van der Waals surface area contributed by atoms with Crippen molar-refractivity contribution in [2.75, 3.05) is 0 Å². The number of amides is 1. The number of hydrogen-bond acceptors (Lipinski definition) is 1. The Labute approximate surface area is 171 Å². The molecule has 3 aromatic carbocycles. The highest BCUT2D eigenvalue weighted by atomic mass is 16.1. The highest BCUT2D eigenvalue weighted by Gasteiger charge is 2.25. The first-order valence-corrected chi connectivity index (χ1v) is 9.84. The third-order valence-electron chi connectivity index (χ3n) is 5.35. The fraction of sp³-hybridized carbons (Fsp3) is 0.115. The van der Waals surface area contributed by atoms with Gasteiger partial charge in [0, 0.05) is 17.8 Å². The van der Waals surface area contributed by atoms with Crippen molar-refractivity contribution < 1.29 is 4.79 Å². The van der Waals surface area contributed by atoms with E-state index in [0.29, 0.717) is 5.56 Å². The Morgan fingerprint density at radius 1 is 0.793 bits per heavy atom. The molecule has 0 fully saturated rings. The van der Waals surface area contributed by atoms with E-state index in [9.17, 15) is 4.79 Å². The summed E-state index contributed by atoms with van der Waals surface area (Å²) in [6, 6.07) is 30.7. The van der Waals surface area contributed by atoms with Crippen LogP contribution in [0, 0.1) is 6.92 Å². The van der Waals surface area contributed by atoms with Crippen LogP contribution in [0.15, 0.2) is 91.0 Å². The Morgan fingerprint density at radius 2 is 1.31 bits per heavy atom. The number of nitrogens with zero attached hydrogens (tertiary/aromatic N) is 1. The summed E-state index contributed by atoms with van der Waals surface area (Å²) < 4.78 is 2.24. The van der Waals surface area contributed by atoms with Crippen LogP contribution in [0.5, 0.6) is 0 Å². The molecule has 0 radical (unpaired) electrons. The van der Waals surface area contributed by atoms with Crippen LogP contribution in [-0.4, -0.2) is 10.5 Å². The molecule has 0 atom stereocenters. The van der Waals surface area contributed by atoms with Gasteiger partial charge in [-0.2, -0.15) is 0 Å². The van der Waals surface area contributed by atoms with Crippen LogP contribution < -0.4 is 5.73 Å². The molecular formula is C26H24N2O. The van der Waals surface area contributed by atoms with Crippen molar-refractivity contribution in [2.45, 2.75) is 19.9 Å². The number of carbonyl (C=O) groups is 1. The maximum absolute atomic E-state index is 12.5. The van der Waals surface area contributed by atoms with Crippen LogP contribution in [-0.2, 0) is 13.0 Å². The predicted molar refractivity (Wildman–Crippen MR) is 119 cm³/mol. The standard InChI is InChI=1S/C26H24N2O/c1-19-23(26(27)29)24(21-13-7-3-8-14-21)25(22-15-9-4-10-16-22)28(19)18-17-20-11-5-2-6-12-20/h2-16H,17-18H2,1H3,(H2,27,29). The fourth-order valence-electron chi connectivity index (χ4n) is 3.99. The van der Waals surface area contributed by atoms with Crippen molar-refractivity contribution in [2.24, 2.45) is 5.73 Å². The lowest BCUT2D eigenvalue weighted by atomic mass is 9.96. The maximum atomic E-state index is 12.5. The zero-order chi connectivity index (χ0) is 20.2. The molecule has 4 aromatic rings. The van der Waals surface area contributed by atoms with Gasteiger partial charge in [0.2, 0.25) is 0 Å². The van der Waals surface area contributed by atoms with Gasteiger partial charge in [0.05, 0.1) is 11.3 Å². The van der Waals surface area contributed by atoms with Gasteiger partial charge >= 0.3 is 0 Å². The molecule has 0 unspecified atom stereocenters. The van der Waals surface area contributed by atoms with Crippen LogP contribution in [0.4, 0.5) is 0 Å². The molecule has 0 saturated carbocycles. The lowest BCUT2D eigenvalue weighted by Gasteiger charge is -2.14. The Bertz CT molecular complexity index is 1110. The van der Waals surface area contributed by atoms with Crippen molar-refractivity contribution in [1.82, 2.24) is 4.57 Å². The first-order chi connectivity index (χ1) is 14.2. The van der Waals surface area contributed by atoms with Gasteiger partial charge in [-0.25, -0.2) is 0 Å². The van der Waals surface area contributed by atoms with E-state index in [1.54, 1.807) is 0 Å². The Morgan fingerprint density at radius 3 is 1.86 bits per heavy atom. The minimum atomic E-state index is -0.392. The smallest absolute Gasteiger partial charge is 0.251 e. The average molecular weight is 380 g/mol. The number of aromatic nitrogens is 1. The summed E-state index contributed by atoms with van der Waals surface area (Å²) in [7, 11) is 0. The number of rotatable bonds is 6. The van der Waals surface area contributed by atoms with E-state index in [1.807, 2.05) is 61.5 Å². The molecule has 0 spiro atoms. The van der Waals surface area contributed by atoms with Gasteiger partial charge < -0.3 is 10.3 Å². The molecule has 1 heterocycles. The molecule has 0 bridgehead atoms. The van der Waals surface area contributed by atoms with E-state index in [-0.39, 0.29) is 0 Å². The zero-order valence-electron chi connectivity index (χ0n) is 16.5. The molecular weight excluding hydrogens is 356 g/mol. The van der Waals surface area contributed by atoms with Crippen molar-refractivity contribution in [3.05, 3.63) is 108 Å². The summed E-state index contributed by atoms with van der Waals surface area (Å²) in [5.41, 5.74) is 12.7. The Kier molecular flexibility index (Phi) is 5.30. The van der Waals surface area contributed by atoms with Gasteiger partial charge in [-0.15, -0.1) is 0 Å². The number of primary amides is 1.